The number of hydrogen-bond donors (Lipinski definition) is 1. The van der Waals surface area contributed by atoms with E-state index in [4.69, 9.17) is 9.47 Å². The molecule has 0 aromatic heterocycles. The van der Waals surface area contributed by atoms with Crippen LogP contribution in [0.1, 0.15) is 45.4 Å². The van der Waals surface area contributed by atoms with Gasteiger partial charge in [0.1, 0.15) is 0 Å². The predicted molar refractivity (Wildman–Crippen MR) is 66.8 cm³/mol. The zero-order chi connectivity index (χ0) is 11.6. The summed E-state index contributed by atoms with van der Waals surface area (Å²) >= 11 is 0. The molecule has 0 heterocycles. The van der Waals surface area contributed by atoms with E-state index in [1.807, 2.05) is 7.11 Å². The Hall–Kier alpha value is -0.120. The summed E-state index contributed by atoms with van der Waals surface area (Å²) in [6.45, 7) is 4.87. The molecule has 1 aliphatic rings. The summed E-state index contributed by atoms with van der Waals surface area (Å²) < 4.78 is 11.0. The van der Waals surface area contributed by atoms with E-state index in [9.17, 15) is 0 Å². The van der Waals surface area contributed by atoms with Gasteiger partial charge in [0.25, 0.3) is 0 Å². The monoisotopic (exact) mass is 229 g/mol. The SMILES string of the molecule is CCCCOCCNC1CCCCC1OC. The molecule has 1 saturated carbocycles. The van der Waals surface area contributed by atoms with Crippen molar-refractivity contribution in [1.82, 2.24) is 5.32 Å². The highest BCUT2D eigenvalue weighted by molar-refractivity contribution is 4.81. The van der Waals surface area contributed by atoms with Crippen LogP contribution in [0.4, 0.5) is 0 Å². The summed E-state index contributed by atoms with van der Waals surface area (Å²) in [4.78, 5) is 0. The topological polar surface area (TPSA) is 30.5 Å². The molecule has 1 N–H and O–H groups in total. The molecule has 96 valence electrons. The number of rotatable bonds is 8. The highest BCUT2D eigenvalue weighted by atomic mass is 16.5. The maximum atomic E-state index is 5.53. The summed E-state index contributed by atoms with van der Waals surface area (Å²) in [6.07, 6.45) is 7.87. The van der Waals surface area contributed by atoms with Crippen LogP contribution in [0, 0.1) is 0 Å². The number of unbranched alkanes of at least 4 members (excludes halogenated alkanes) is 1. The van der Waals surface area contributed by atoms with E-state index in [1.54, 1.807) is 0 Å². The second kappa shape index (κ2) is 8.97. The van der Waals surface area contributed by atoms with E-state index in [0.717, 1.165) is 19.8 Å². The molecule has 0 amide bonds. The van der Waals surface area contributed by atoms with Crippen molar-refractivity contribution in [2.75, 3.05) is 26.9 Å². The standard InChI is InChI=1S/C13H27NO2/c1-3-4-10-16-11-9-14-12-7-5-6-8-13(12)15-2/h12-14H,3-11H2,1-2H3. The molecule has 0 bridgehead atoms. The van der Waals surface area contributed by atoms with Crippen molar-refractivity contribution < 1.29 is 9.47 Å². The van der Waals surface area contributed by atoms with Gasteiger partial charge in [0, 0.05) is 26.3 Å². The number of ether oxygens (including phenoxy) is 2. The smallest absolute Gasteiger partial charge is 0.0724 e. The van der Waals surface area contributed by atoms with Gasteiger partial charge in [-0.2, -0.15) is 0 Å². The molecule has 0 spiro atoms. The lowest BCUT2D eigenvalue weighted by Gasteiger charge is -2.31. The average molecular weight is 229 g/mol. The Bertz CT molecular complexity index is 164. The lowest BCUT2D eigenvalue weighted by atomic mass is 9.92. The van der Waals surface area contributed by atoms with Crippen LogP contribution in [0.2, 0.25) is 0 Å². The van der Waals surface area contributed by atoms with Crippen molar-refractivity contribution in [2.24, 2.45) is 0 Å². The van der Waals surface area contributed by atoms with Gasteiger partial charge < -0.3 is 14.8 Å². The van der Waals surface area contributed by atoms with Crippen LogP contribution in [-0.2, 0) is 9.47 Å². The number of hydrogen-bond acceptors (Lipinski definition) is 3. The lowest BCUT2D eigenvalue weighted by molar-refractivity contribution is 0.0377. The first kappa shape index (κ1) is 13.9. The maximum Gasteiger partial charge on any atom is 0.0724 e. The van der Waals surface area contributed by atoms with Gasteiger partial charge in [-0.1, -0.05) is 26.2 Å². The third-order valence-corrected chi connectivity index (χ3v) is 3.30. The van der Waals surface area contributed by atoms with Crippen LogP contribution in [0.5, 0.6) is 0 Å². The van der Waals surface area contributed by atoms with E-state index < -0.39 is 0 Å². The second-order valence-electron chi connectivity index (χ2n) is 4.59. The van der Waals surface area contributed by atoms with Gasteiger partial charge in [-0.15, -0.1) is 0 Å². The van der Waals surface area contributed by atoms with E-state index in [0.29, 0.717) is 12.1 Å². The van der Waals surface area contributed by atoms with Gasteiger partial charge in [0.15, 0.2) is 0 Å². The molecule has 2 atom stereocenters. The third-order valence-electron chi connectivity index (χ3n) is 3.30. The molecule has 1 fully saturated rings. The minimum atomic E-state index is 0.407. The summed E-state index contributed by atoms with van der Waals surface area (Å²) in [5.41, 5.74) is 0. The molecule has 3 nitrogen and oxygen atoms in total. The lowest BCUT2D eigenvalue weighted by Crippen LogP contribution is -2.44. The Morgan fingerprint density at radius 2 is 2.00 bits per heavy atom. The first-order valence-electron chi connectivity index (χ1n) is 6.72. The molecule has 0 saturated heterocycles. The van der Waals surface area contributed by atoms with Crippen molar-refractivity contribution in [3.05, 3.63) is 0 Å². The Morgan fingerprint density at radius 1 is 1.19 bits per heavy atom. The molecule has 0 aromatic carbocycles. The predicted octanol–water partition coefficient (Wildman–Crippen LogP) is 2.35. The average Bonchev–Trinajstić information content (AvgIpc) is 2.34. The van der Waals surface area contributed by atoms with Crippen molar-refractivity contribution in [3.8, 4) is 0 Å². The molecular weight excluding hydrogens is 202 g/mol. The maximum absolute atomic E-state index is 5.53. The molecule has 0 aliphatic heterocycles. The summed E-state index contributed by atoms with van der Waals surface area (Å²) in [6, 6.07) is 0.536. The fraction of sp³-hybridized carbons (Fsp3) is 1.00. The largest absolute Gasteiger partial charge is 0.380 e. The van der Waals surface area contributed by atoms with Crippen LogP contribution in [-0.4, -0.2) is 39.0 Å². The van der Waals surface area contributed by atoms with Crippen LogP contribution in [0.15, 0.2) is 0 Å². The minimum absolute atomic E-state index is 0.407. The highest BCUT2D eigenvalue weighted by Gasteiger charge is 2.23. The zero-order valence-electron chi connectivity index (χ0n) is 10.8. The van der Waals surface area contributed by atoms with Crippen LogP contribution >= 0.6 is 0 Å². The Labute approximate surface area is 99.9 Å². The summed E-state index contributed by atoms with van der Waals surface area (Å²) in [5.74, 6) is 0. The van der Waals surface area contributed by atoms with Crippen molar-refractivity contribution >= 4 is 0 Å². The Balaban J connectivity index is 2.02. The number of methoxy groups -OCH3 is 1. The minimum Gasteiger partial charge on any atom is -0.380 e. The fourth-order valence-electron chi connectivity index (χ4n) is 2.28. The van der Waals surface area contributed by atoms with Gasteiger partial charge in [-0.25, -0.2) is 0 Å². The van der Waals surface area contributed by atoms with Crippen LogP contribution in [0.25, 0.3) is 0 Å². The second-order valence-corrected chi connectivity index (χ2v) is 4.59. The fourth-order valence-corrected chi connectivity index (χ4v) is 2.28. The Kier molecular flexibility index (Phi) is 7.81. The van der Waals surface area contributed by atoms with Gasteiger partial charge >= 0.3 is 0 Å². The molecule has 2 unspecified atom stereocenters. The molecule has 0 radical (unpaired) electrons. The van der Waals surface area contributed by atoms with E-state index in [1.165, 1.54) is 38.5 Å². The molecule has 0 aromatic rings. The molecular formula is C13H27NO2. The first-order chi connectivity index (χ1) is 7.88. The van der Waals surface area contributed by atoms with Crippen LogP contribution in [0.3, 0.4) is 0 Å². The van der Waals surface area contributed by atoms with Gasteiger partial charge in [-0.3, -0.25) is 0 Å². The number of nitrogens with one attached hydrogen (secondary N) is 1. The quantitative estimate of drug-likeness (QED) is 0.648. The molecule has 16 heavy (non-hydrogen) atoms. The van der Waals surface area contributed by atoms with E-state index in [2.05, 4.69) is 12.2 Å². The van der Waals surface area contributed by atoms with Crippen molar-refractivity contribution in [1.29, 1.82) is 0 Å². The van der Waals surface area contributed by atoms with Crippen molar-refractivity contribution in [2.45, 2.75) is 57.6 Å². The Morgan fingerprint density at radius 3 is 2.75 bits per heavy atom. The summed E-state index contributed by atoms with van der Waals surface area (Å²) in [7, 11) is 1.82. The highest BCUT2D eigenvalue weighted by Crippen LogP contribution is 2.20. The van der Waals surface area contributed by atoms with Crippen molar-refractivity contribution in [3.63, 3.8) is 0 Å². The normalized spacial score (nSPS) is 25.9. The molecule has 1 aliphatic carbocycles. The van der Waals surface area contributed by atoms with Gasteiger partial charge in [0.2, 0.25) is 0 Å². The molecule has 3 heteroatoms. The van der Waals surface area contributed by atoms with Crippen LogP contribution < -0.4 is 5.32 Å². The van der Waals surface area contributed by atoms with E-state index >= 15 is 0 Å². The van der Waals surface area contributed by atoms with Gasteiger partial charge in [0.05, 0.1) is 12.7 Å². The first-order valence-corrected chi connectivity index (χ1v) is 6.72. The van der Waals surface area contributed by atoms with E-state index in [-0.39, 0.29) is 0 Å². The van der Waals surface area contributed by atoms with Gasteiger partial charge in [-0.05, 0) is 19.3 Å². The zero-order valence-corrected chi connectivity index (χ0v) is 10.8. The molecule has 1 rings (SSSR count). The third kappa shape index (κ3) is 5.28. The summed E-state index contributed by atoms with van der Waals surface area (Å²) in [5, 5.41) is 3.55.